The van der Waals surface area contributed by atoms with Crippen molar-refractivity contribution < 1.29 is 9.47 Å². The Morgan fingerprint density at radius 1 is 1.11 bits per heavy atom. The van der Waals surface area contributed by atoms with Crippen LogP contribution in [-0.2, 0) is 0 Å². The summed E-state index contributed by atoms with van der Waals surface area (Å²) >= 11 is 0. The lowest BCUT2D eigenvalue weighted by molar-refractivity contribution is 0.394. The van der Waals surface area contributed by atoms with Gasteiger partial charge in [-0.2, -0.15) is 0 Å². The van der Waals surface area contributed by atoms with Crippen LogP contribution in [-0.4, -0.2) is 24.2 Å². The molecular weight excluding hydrogens is 248 g/mol. The summed E-state index contributed by atoms with van der Waals surface area (Å²) in [5, 5.41) is 0. The number of methoxy groups -OCH3 is 2. The van der Waals surface area contributed by atoms with E-state index in [4.69, 9.17) is 20.9 Å². The number of nitrogens with one attached hydrogen (secondary N) is 1. The van der Waals surface area contributed by atoms with Crippen molar-refractivity contribution >= 4 is 11.5 Å². The molecule has 0 radical (unpaired) electrons. The molecule has 0 aliphatic carbocycles. The van der Waals surface area contributed by atoms with Crippen LogP contribution in [0.5, 0.6) is 11.5 Å². The minimum absolute atomic E-state index is 0.0134. The highest BCUT2D eigenvalue weighted by atomic mass is 16.5. The Hall–Kier alpha value is -2.70. The first-order valence-electron chi connectivity index (χ1n) is 5.44. The summed E-state index contributed by atoms with van der Waals surface area (Å²) in [4.78, 5) is 18.2. The van der Waals surface area contributed by atoms with Gasteiger partial charge in [-0.15, -0.1) is 0 Å². The zero-order valence-corrected chi connectivity index (χ0v) is 10.6. The maximum Gasteiger partial charge on any atom is 0.276 e. The molecule has 1 aromatic carbocycles. The van der Waals surface area contributed by atoms with Gasteiger partial charge in [-0.3, -0.25) is 4.79 Å². The molecule has 0 saturated heterocycles. The number of ether oxygens (including phenoxy) is 2. The van der Waals surface area contributed by atoms with Crippen molar-refractivity contribution in [3.05, 3.63) is 28.6 Å². The van der Waals surface area contributed by atoms with Gasteiger partial charge in [0.05, 0.1) is 14.2 Å². The van der Waals surface area contributed by atoms with Gasteiger partial charge in [0.2, 0.25) is 0 Å². The second-order valence-electron chi connectivity index (χ2n) is 3.81. The number of aromatic amines is 1. The maximum absolute atomic E-state index is 11.6. The van der Waals surface area contributed by atoms with E-state index in [2.05, 4.69) is 9.97 Å². The summed E-state index contributed by atoms with van der Waals surface area (Å²) in [6.45, 7) is 0. The molecule has 1 heterocycles. The zero-order chi connectivity index (χ0) is 14.0. The third-order valence-corrected chi connectivity index (χ3v) is 2.61. The van der Waals surface area contributed by atoms with Crippen molar-refractivity contribution in [2.24, 2.45) is 0 Å². The van der Waals surface area contributed by atoms with Crippen LogP contribution in [0.1, 0.15) is 0 Å². The molecule has 0 amide bonds. The van der Waals surface area contributed by atoms with Crippen molar-refractivity contribution in [2.45, 2.75) is 0 Å². The van der Waals surface area contributed by atoms with E-state index in [0.717, 1.165) is 0 Å². The lowest BCUT2D eigenvalue weighted by Gasteiger charge is -2.08. The quantitative estimate of drug-likeness (QED) is 0.746. The minimum atomic E-state index is -0.482. The highest BCUT2D eigenvalue weighted by Gasteiger charge is 2.10. The van der Waals surface area contributed by atoms with Crippen molar-refractivity contribution in [1.29, 1.82) is 0 Å². The zero-order valence-electron chi connectivity index (χ0n) is 10.6. The fourth-order valence-electron chi connectivity index (χ4n) is 1.58. The average molecular weight is 262 g/mol. The van der Waals surface area contributed by atoms with Crippen molar-refractivity contribution in [1.82, 2.24) is 9.97 Å². The minimum Gasteiger partial charge on any atom is -0.497 e. The molecule has 7 heteroatoms. The number of benzene rings is 1. The maximum atomic E-state index is 11.6. The van der Waals surface area contributed by atoms with Crippen LogP contribution < -0.4 is 26.5 Å². The lowest BCUT2D eigenvalue weighted by atomic mass is 10.2. The summed E-state index contributed by atoms with van der Waals surface area (Å²) < 4.78 is 10.3. The molecule has 19 heavy (non-hydrogen) atoms. The van der Waals surface area contributed by atoms with Gasteiger partial charge in [0.15, 0.2) is 5.82 Å². The number of hydrogen-bond acceptors (Lipinski definition) is 6. The monoisotopic (exact) mass is 262 g/mol. The van der Waals surface area contributed by atoms with Crippen LogP contribution >= 0.6 is 0 Å². The molecule has 0 unspecified atom stereocenters. The predicted octanol–water partition coefficient (Wildman–Crippen LogP) is 0.618. The summed E-state index contributed by atoms with van der Waals surface area (Å²) in [6, 6.07) is 5.12. The molecule has 5 N–H and O–H groups in total. The van der Waals surface area contributed by atoms with Crippen LogP contribution in [0.4, 0.5) is 11.5 Å². The van der Waals surface area contributed by atoms with Gasteiger partial charge in [0.25, 0.3) is 5.56 Å². The number of nitrogen functional groups attached to an aromatic ring is 2. The first kappa shape index (κ1) is 12.7. The number of hydrogen-bond donors (Lipinski definition) is 3. The molecule has 1 aromatic heterocycles. The van der Waals surface area contributed by atoms with E-state index >= 15 is 0 Å². The van der Waals surface area contributed by atoms with Crippen LogP contribution in [0.25, 0.3) is 11.4 Å². The molecule has 0 aliphatic rings. The average Bonchev–Trinajstić information content (AvgIpc) is 2.43. The Morgan fingerprint density at radius 2 is 1.68 bits per heavy atom. The molecular formula is C12H14N4O3. The Balaban J connectivity index is 2.61. The normalized spacial score (nSPS) is 10.2. The van der Waals surface area contributed by atoms with Crippen LogP contribution in [0.2, 0.25) is 0 Å². The van der Waals surface area contributed by atoms with Crippen molar-refractivity contribution in [3.63, 3.8) is 0 Å². The third kappa shape index (κ3) is 2.44. The SMILES string of the molecule is COc1cc(OC)cc(-c2nc(N)c(N)c(=O)[nH]2)c1. The van der Waals surface area contributed by atoms with Gasteiger partial charge in [-0.05, 0) is 12.1 Å². The molecule has 0 fully saturated rings. The summed E-state index contributed by atoms with van der Waals surface area (Å²) in [7, 11) is 3.07. The number of aromatic nitrogens is 2. The summed E-state index contributed by atoms with van der Waals surface area (Å²) in [5.74, 6) is 1.44. The van der Waals surface area contributed by atoms with Gasteiger partial charge >= 0.3 is 0 Å². The van der Waals surface area contributed by atoms with Gasteiger partial charge in [-0.25, -0.2) is 4.98 Å². The fraction of sp³-hybridized carbons (Fsp3) is 0.167. The molecule has 2 aromatic rings. The van der Waals surface area contributed by atoms with E-state index in [1.807, 2.05) is 0 Å². The molecule has 2 rings (SSSR count). The van der Waals surface area contributed by atoms with Crippen molar-refractivity contribution in [3.8, 4) is 22.9 Å². The predicted molar refractivity (Wildman–Crippen MR) is 72.2 cm³/mol. The Morgan fingerprint density at radius 3 is 2.16 bits per heavy atom. The van der Waals surface area contributed by atoms with Crippen LogP contribution in [0, 0.1) is 0 Å². The first-order valence-corrected chi connectivity index (χ1v) is 5.44. The van der Waals surface area contributed by atoms with E-state index in [1.165, 1.54) is 14.2 Å². The molecule has 0 bridgehead atoms. The summed E-state index contributed by atoms with van der Waals surface area (Å²) in [5.41, 5.74) is 11.1. The second-order valence-corrected chi connectivity index (χ2v) is 3.81. The number of nitrogens with two attached hydrogens (primary N) is 2. The van der Waals surface area contributed by atoms with Gasteiger partial charge in [-0.1, -0.05) is 0 Å². The number of anilines is 2. The molecule has 0 saturated carbocycles. The van der Waals surface area contributed by atoms with Crippen LogP contribution in [0.15, 0.2) is 23.0 Å². The number of H-pyrrole nitrogens is 1. The largest absolute Gasteiger partial charge is 0.497 e. The molecule has 100 valence electrons. The van der Waals surface area contributed by atoms with E-state index in [-0.39, 0.29) is 11.5 Å². The molecule has 7 nitrogen and oxygen atoms in total. The van der Waals surface area contributed by atoms with Crippen molar-refractivity contribution in [2.75, 3.05) is 25.7 Å². The van der Waals surface area contributed by atoms with Crippen LogP contribution in [0.3, 0.4) is 0 Å². The molecule has 0 atom stereocenters. The van der Waals surface area contributed by atoms with Gasteiger partial charge in [0.1, 0.15) is 23.0 Å². The Kier molecular flexibility index (Phi) is 3.28. The summed E-state index contributed by atoms with van der Waals surface area (Å²) in [6.07, 6.45) is 0. The highest BCUT2D eigenvalue weighted by Crippen LogP contribution is 2.28. The first-order chi connectivity index (χ1) is 9.05. The molecule has 0 aliphatic heterocycles. The van der Waals surface area contributed by atoms with E-state index in [1.54, 1.807) is 18.2 Å². The smallest absolute Gasteiger partial charge is 0.276 e. The van der Waals surface area contributed by atoms with E-state index in [9.17, 15) is 4.79 Å². The number of rotatable bonds is 3. The standard InChI is InChI=1S/C12H14N4O3/c1-18-7-3-6(4-8(5-7)19-2)11-15-10(14)9(13)12(17)16-11/h3-5H,13H2,1-2H3,(H3,14,15,16,17). The van der Waals surface area contributed by atoms with Gasteiger partial charge < -0.3 is 25.9 Å². The van der Waals surface area contributed by atoms with Gasteiger partial charge in [0, 0.05) is 11.6 Å². The lowest BCUT2D eigenvalue weighted by Crippen LogP contribution is -2.17. The second kappa shape index (κ2) is 4.89. The van der Waals surface area contributed by atoms with E-state index < -0.39 is 5.56 Å². The molecule has 0 spiro atoms. The highest BCUT2D eigenvalue weighted by molar-refractivity contribution is 5.65. The van der Waals surface area contributed by atoms with E-state index in [0.29, 0.717) is 22.9 Å². The topological polar surface area (TPSA) is 116 Å². The Bertz CT molecular complexity index is 644. The third-order valence-electron chi connectivity index (χ3n) is 2.61. The number of nitrogens with zero attached hydrogens (tertiary/aromatic N) is 1. The Labute approximate surface area is 109 Å². The fourth-order valence-corrected chi connectivity index (χ4v) is 1.58.